The zero-order chi connectivity index (χ0) is 20.0. The van der Waals surface area contributed by atoms with Gasteiger partial charge in [-0.3, -0.25) is 9.69 Å². The van der Waals surface area contributed by atoms with Crippen LogP contribution in [0.15, 0.2) is 18.2 Å². The second-order valence-corrected chi connectivity index (χ2v) is 6.01. The van der Waals surface area contributed by atoms with Crippen LogP contribution in [0.1, 0.15) is 19.4 Å². The molecule has 1 atom stereocenters. The lowest BCUT2D eigenvalue weighted by molar-refractivity contribution is -0.153. The van der Waals surface area contributed by atoms with Gasteiger partial charge in [-0.2, -0.15) is 0 Å². The fourth-order valence-corrected chi connectivity index (χ4v) is 2.77. The van der Waals surface area contributed by atoms with E-state index in [4.69, 9.17) is 25.8 Å². The van der Waals surface area contributed by atoms with E-state index in [1.54, 1.807) is 12.1 Å². The van der Waals surface area contributed by atoms with Crippen molar-refractivity contribution < 1.29 is 28.6 Å². The highest BCUT2D eigenvalue weighted by molar-refractivity contribution is 6.32. The van der Waals surface area contributed by atoms with Gasteiger partial charge >= 0.3 is 12.0 Å². The number of hydrogen-bond acceptors (Lipinski definition) is 6. The van der Waals surface area contributed by atoms with E-state index in [-0.39, 0.29) is 6.54 Å². The topological polar surface area (TPSA) is 94.2 Å². The lowest BCUT2D eigenvalue weighted by atomic mass is 10.2. The van der Waals surface area contributed by atoms with E-state index in [2.05, 4.69) is 5.32 Å². The molecule has 1 aliphatic rings. The number of amides is 3. The predicted molar refractivity (Wildman–Crippen MR) is 98.9 cm³/mol. The lowest BCUT2D eigenvalue weighted by Gasteiger charge is -2.17. The number of methoxy groups -OCH3 is 1. The Morgan fingerprint density at radius 2 is 2.15 bits per heavy atom. The Morgan fingerprint density at radius 3 is 2.74 bits per heavy atom. The zero-order valence-electron chi connectivity index (χ0n) is 15.3. The number of urea groups is 1. The van der Waals surface area contributed by atoms with Gasteiger partial charge in [-0.15, -0.1) is 0 Å². The minimum absolute atomic E-state index is 0.250. The van der Waals surface area contributed by atoms with Crippen molar-refractivity contribution in [1.29, 1.82) is 0 Å². The summed E-state index contributed by atoms with van der Waals surface area (Å²) in [6.45, 7) is 4.29. The van der Waals surface area contributed by atoms with Gasteiger partial charge in [0.15, 0.2) is 17.6 Å². The molecular weight excluding hydrogens is 376 g/mol. The number of hydrogen-bond donors (Lipinski definition) is 1. The zero-order valence-corrected chi connectivity index (χ0v) is 16.0. The van der Waals surface area contributed by atoms with Crippen molar-refractivity contribution in [3.8, 4) is 11.5 Å². The number of imide groups is 1. The molecular formula is C18H21ClN2O6. The normalized spacial score (nSPS) is 14.8. The van der Waals surface area contributed by atoms with Crippen molar-refractivity contribution in [2.24, 2.45) is 0 Å². The van der Waals surface area contributed by atoms with Crippen LogP contribution in [0.25, 0.3) is 6.08 Å². The van der Waals surface area contributed by atoms with E-state index in [9.17, 15) is 14.4 Å². The highest BCUT2D eigenvalue weighted by atomic mass is 35.5. The van der Waals surface area contributed by atoms with E-state index in [0.29, 0.717) is 35.2 Å². The van der Waals surface area contributed by atoms with Gasteiger partial charge in [0.25, 0.3) is 5.91 Å². The van der Waals surface area contributed by atoms with Gasteiger partial charge in [0.1, 0.15) is 0 Å². The molecule has 1 fully saturated rings. The first-order valence-corrected chi connectivity index (χ1v) is 8.73. The van der Waals surface area contributed by atoms with Gasteiger partial charge in [-0.05, 0) is 37.6 Å². The molecule has 1 aromatic rings. The Kier molecular flexibility index (Phi) is 7.06. The molecule has 1 heterocycles. The first-order valence-electron chi connectivity index (χ1n) is 8.35. The number of benzene rings is 1. The summed E-state index contributed by atoms with van der Waals surface area (Å²) in [5, 5.41) is 2.85. The third kappa shape index (κ3) is 5.13. The molecule has 3 amide bonds. The molecule has 9 heteroatoms. The second kappa shape index (κ2) is 9.27. The minimum atomic E-state index is -1.08. The molecule has 0 aromatic heterocycles. The van der Waals surface area contributed by atoms with Gasteiger partial charge in [0.05, 0.1) is 18.7 Å². The molecule has 146 valence electrons. The fraction of sp³-hybridized carbons (Fsp3) is 0.389. The average molecular weight is 397 g/mol. The molecule has 0 spiro atoms. The summed E-state index contributed by atoms with van der Waals surface area (Å²) in [6, 6.07) is 2.78. The first kappa shape index (κ1) is 20.6. The fourth-order valence-electron chi connectivity index (χ4n) is 2.47. The number of rotatable bonds is 7. The van der Waals surface area contributed by atoms with Gasteiger partial charge in [0, 0.05) is 19.2 Å². The molecule has 0 aliphatic carbocycles. The number of carbonyl (C=O) groups excluding carboxylic acids is 3. The van der Waals surface area contributed by atoms with Gasteiger partial charge in [-0.1, -0.05) is 11.6 Å². The molecule has 2 rings (SSSR count). The summed E-state index contributed by atoms with van der Waals surface area (Å²) >= 11 is 6.15. The summed E-state index contributed by atoms with van der Waals surface area (Å²) in [5.74, 6) is -0.441. The number of carbonyl (C=O) groups is 3. The molecule has 1 N–H and O–H groups in total. The predicted octanol–water partition coefficient (Wildman–Crippen LogP) is 2.24. The maximum Gasteiger partial charge on any atom is 0.331 e. The number of esters is 1. The van der Waals surface area contributed by atoms with E-state index < -0.39 is 24.0 Å². The largest absolute Gasteiger partial charge is 0.491 e. The van der Waals surface area contributed by atoms with E-state index in [1.165, 1.54) is 26.2 Å². The highest BCUT2D eigenvalue weighted by Crippen LogP contribution is 2.36. The van der Waals surface area contributed by atoms with Gasteiger partial charge in [0.2, 0.25) is 0 Å². The first-order chi connectivity index (χ1) is 12.9. The van der Waals surface area contributed by atoms with Crippen LogP contribution in [-0.4, -0.2) is 55.7 Å². The average Bonchev–Trinajstić information content (AvgIpc) is 3.05. The number of halogens is 1. The molecule has 0 saturated carbocycles. The number of nitrogens with one attached hydrogen (secondary N) is 1. The van der Waals surface area contributed by atoms with Gasteiger partial charge in [-0.25, -0.2) is 9.59 Å². The molecule has 0 bridgehead atoms. The molecule has 27 heavy (non-hydrogen) atoms. The Hall–Kier alpha value is -2.74. The molecule has 1 aromatic carbocycles. The molecule has 1 saturated heterocycles. The Bertz CT molecular complexity index is 764. The molecule has 0 radical (unpaired) electrons. The van der Waals surface area contributed by atoms with Crippen LogP contribution < -0.4 is 14.8 Å². The van der Waals surface area contributed by atoms with Crippen molar-refractivity contribution in [2.75, 3.05) is 26.8 Å². The maximum absolute atomic E-state index is 12.1. The van der Waals surface area contributed by atoms with Crippen LogP contribution in [0.4, 0.5) is 4.79 Å². The monoisotopic (exact) mass is 396 g/mol. The van der Waals surface area contributed by atoms with Crippen LogP contribution >= 0.6 is 11.6 Å². The SMILES string of the molecule is CCOc1cc(/C=C/C(=O)O[C@@H](C)C(=O)N2CCNC2=O)cc(Cl)c1OC. The second-order valence-electron chi connectivity index (χ2n) is 5.60. The summed E-state index contributed by atoms with van der Waals surface area (Å²) in [7, 11) is 1.48. The number of nitrogens with zero attached hydrogens (tertiary/aromatic N) is 1. The van der Waals surface area contributed by atoms with Gasteiger partial charge < -0.3 is 19.5 Å². The van der Waals surface area contributed by atoms with E-state index in [1.807, 2.05) is 6.92 Å². The summed E-state index contributed by atoms with van der Waals surface area (Å²) in [4.78, 5) is 36.6. The van der Waals surface area contributed by atoms with Crippen LogP contribution in [0.5, 0.6) is 11.5 Å². The van der Waals surface area contributed by atoms with Crippen LogP contribution in [0, 0.1) is 0 Å². The third-order valence-corrected chi connectivity index (χ3v) is 3.99. The number of ether oxygens (including phenoxy) is 3. The molecule has 0 unspecified atom stereocenters. The smallest absolute Gasteiger partial charge is 0.331 e. The molecule has 1 aliphatic heterocycles. The van der Waals surface area contributed by atoms with Crippen LogP contribution in [-0.2, 0) is 14.3 Å². The summed E-state index contributed by atoms with van der Waals surface area (Å²) in [5.41, 5.74) is 0.596. The Labute approximate surface area is 162 Å². The highest BCUT2D eigenvalue weighted by Gasteiger charge is 2.31. The summed E-state index contributed by atoms with van der Waals surface area (Å²) in [6.07, 6.45) is 1.57. The standard InChI is InChI=1S/C18H21ClN2O6/c1-4-26-14-10-12(9-13(19)16(14)25-3)5-6-15(22)27-11(2)17(23)21-8-7-20-18(21)24/h5-6,9-11H,4,7-8H2,1-3H3,(H,20,24)/b6-5+/t11-/m0/s1. The van der Waals surface area contributed by atoms with Crippen LogP contribution in [0.3, 0.4) is 0 Å². The quantitative estimate of drug-likeness (QED) is 0.561. The van der Waals surface area contributed by atoms with Crippen molar-refractivity contribution in [2.45, 2.75) is 20.0 Å². The van der Waals surface area contributed by atoms with Crippen molar-refractivity contribution in [3.63, 3.8) is 0 Å². The Balaban J connectivity index is 2.03. The maximum atomic E-state index is 12.1. The Morgan fingerprint density at radius 1 is 1.41 bits per heavy atom. The lowest BCUT2D eigenvalue weighted by Crippen LogP contribution is -2.41. The van der Waals surface area contributed by atoms with Crippen molar-refractivity contribution in [3.05, 3.63) is 28.8 Å². The minimum Gasteiger partial charge on any atom is -0.491 e. The van der Waals surface area contributed by atoms with E-state index in [0.717, 1.165) is 4.90 Å². The van der Waals surface area contributed by atoms with E-state index >= 15 is 0 Å². The third-order valence-electron chi connectivity index (χ3n) is 3.71. The molecule has 8 nitrogen and oxygen atoms in total. The summed E-state index contributed by atoms with van der Waals surface area (Å²) < 4.78 is 15.7. The van der Waals surface area contributed by atoms with Crippen molar-refractivity contribution in [1.82, 2.24) is 10.2 Å². The van der Waals surface area contributed by atoms with Crippen molar-refractivity contribution >= 4 is 35.6 Å². The van der Waals surface area contributed by atoms with Crippen LogP contribution in [0.2, 0.25) is 5.02 Å².